The van der Waals surface area contributed by atoms with E-state index in [1.165, 1.54) is 0 Å². The van der Waals surface area contributed by atoms with Crippen molar-refractivity contribution in [1.82, 2.24) is 0 Å². The Morgan fingerprint density at radius 1 is 2.00 bits per heavy atom. The second kappa shape index (κ2) is 4.02. The van der Waals surface area contributed by atoms with Gasteiger partial charge in [-0.2, -0.15) is 0 Å². The molecule has 0 aliphatic rings. The monoisotopic (exact) mass is 162 g/mol. The van der Waals surface area contributed by atoms with E-state index in [0.717, 1.165) is 4.48 Å². The molecule has 0 amide bonds. The molecule has 0 radical (unpaired) electrons. The van der Waals surface area contributed by atoms with Gasteiger partial charge in [0, 0.05) is 10.7 Å². The van der Waals surface area contributed by atoms with Gasteiger partial charge in [-0.25, -0.2) is 0 Å². The molecule has 0 saturated heterocycles. The number of rotatable bonds is 2. The predicted octanol–water partition coefficient (Wildman–Crippen LogP) is 0.882. The van der Waals surface area contributed by atoms with Crippen molar-refractivity contribution in [2.45, 2.75) is 0 Å². The van der Waals surface area contributed by atoms with E-state index in [9.17, 15) is 0 Å². The number of nitrogens with zero attached hydrogens (tertiary/aromatic N) is 1. The molecule has 0 saturated carbocycles. The van der Waals surface area contributed by atoms with Crippen LogP contribution >= 0.6 is 15.9 Å². The van der Waals surface area contributed by atoms with Crippen LogP contribution < -0.4 is 5.73 Å². The summed E-state index contributed by atoms with van der Waals surface area (Å²) in [4.78, 5) is 3.68. The highest BCUT2D eigenvalue weighted by Crippen LogP contribution is 1.93. The third kappa shape index (κ3) is 5.85. The van der Waals surface area contributed by atoms with E-state index in [-0.39, 0.29) is 0 Å². The molecule has 3 heteroatoms. The van der Waals surface area contributed by atoms with E-state index in [1.54, 1.807) is 6.21 Å². The van der Waals surface area contributed by atoms with E-state index in [0.29, 0.717) is 6.67 Å². The molecular formula is C4H7BrN2. The molecular weight excluding hydrogens is 156 g/mol. The van der Waals surface area contributed by atoms with Gasteiger partial charge in [-0.3, -0.25) is 4.99 Å². The summed E-state index contributed by atoms with van der Waals surface area (Å²) >= 11 is 3.08. The smallest absolute Gasteiger partial charge is 0.0859 e. The van der Waals surface area contributed by atoms with Gasteiger partial charge in [-0.15, -0.1) is 0 Å². The lowest BCUT2D eigenvalue weighted by Gasteiger charge is -1.78. The van der Waals surface area contributed by atoms with E-state index in [4.69, 9.17) is 5.73 Å². The second-order valence-electron chi connectivity index (χ2n) is 0.941. The zero-order chi connectivity index (χ0) is 5.70. The van der Waals surface area contributed by atoms with Crippen molar-refractivity contribution in [3.05, 3.63) is 11.1 Å². The molecule has 0 unspecified atom stereocenters. The molecule has 0 heterocycles. The Labute approximate surface area is 51.2 Å². The first-order valence-electron chi connectivity index (χ1n) is 1.81. The van der Waals surface area contributed by atoms with Crippen LogP contribution in [0, 0.1) is 0 Å². The van der Waals surface area contributed by atoms with Crippen molar-refractivity contribution in [2.24, 2.45) is 10.7 Å². The molecule has 40 valence electrons. The Kier molecular flexibility index (Phi) is 3.93. The van der Waals surface area contributed by atoms with Crippen molar-refractivity contribution in [3.8, 4) is 0 Å². The third-order valence-corrected chi connectivity index (χ3v) is 0.542. The maximum absolute atomic E-state index is 5.02. The SMILES string of the molecule is C=C(Br)C=NCN. The van der Waals surface area contributed by atoms with E-state index in [2.05, 4.69) is 27.5 Å². The number of halogens is 1. The average molecular weight is 163 g/mol. The van der Waals surface area contributed by atoms with Crippen molar-refractivity contribution >= 4 is 22.1 Å². The number of hydrogen-bond donors (Lipinski definition) is 1. The molecule has 7 heavy (non-hydrogen) atoms. The van der Waals surface area contributed by atoms with Crippen molar-refractivity contribution in [3.63, 3.8) is 0 Å². The minimum atomic E-state index is 0.324. The number of nitrogens with two attached hydrogens (primary N) is 1. The molecule has 0 spiro atoms. The second-order valence-corrected chi connectivity index (χ2v) is 1.96. The largest absolute Gasteiger partial charge is 0.312 e. The summed E-state index contributed by atoms with van der Waals surface area (Å²) in [5.74, 6) is 0. The van der Waals surface area contributed by atoms with Gasteiger partial charge in [0.15, 0.2) is 0 Å². The van der Waals surface area contributed by atoms with Crippen LogP contribution in [0.25, 0.3) is 0 Å². The lowest BCUT2D eigenvalue weighted by Crippen LogP contribution is -1.93. The predicted molar refractivity (Wildman–Crippen MR) is 35.6 cm³/mol. The van der Waals surface area contributed by atoms with Crippen LogP contribution in [0.2, 0.25) is 0 Å². The van der Waals surface area contributed by atoms with Gasteiger partial charge in [0.2, 0.25) is 0 Å². The highest BCUT2D eigenvalue weighted by Gasteiger charge is 1.71. The van der Waals surface area contributed by atoms with Gasteiger partial charge < -0.3 is 5.73 Å². The molecule has 0 bridgehead atoms. The maximum atomic E-state index is 5.02. The number of aliphatic imine (C=N–C) groups is 1. The normalized spacial score (nSPS) is 10.0. The average Bonchev–Trinajstić information content (AvgIpc) is 1.61. The van der Waals surface area contributed by atoms with Gasteiger partial charge in [0.1, 0.15) is 0 Å². The summed E-state index contributed by atoms with van der Waals surface area (Å²) in [5, 5.41) is 0. The van der Waals surface area contributed by atoms with Gasteiger partial charge in [0.05, 0.1) is 6.67 Å². The Morgan fingerprint density at radius 3 is 2.71 bits per heavy atom. The molecule has 0 aliphatic carbocycles. The van der Waals surface area contributed by atoms with Gasteiger partial charge in [-0.05, 0) is 15.9 Å². The Bertz CT molecular complexity index is 87.7. The van der Waals surface area contributed by atoms with Crippen molar-refractivity contribution in [1.29, 1.82) is 0 Å². The maximum Gasteiger partial charge on any atom is 0.0859 e. The fourth-order valence-electron chi connectivity index (χ4n) is 0.152. The lowest BCUT2D eigenvalue weighted by molar-refractivity contribution is 1.08. The molecule has 0 atom stereocenters. The minimum absolute atomic E-state index is 0.324. The first kappa shape index (κ1) is 6.85. The summed E-state index contributed by atoms with van der Waals surface area (Å²) in [5.41, 5.74) is 5.02. The van der Waals surface area contributed by atoms with Gasteiger partial charge >= 0.3 is 0 Å². The third-order valence-electron chi connectivity index (χ3n) is 0.337. The quantitative estimate of drug-likeness (QED) is 0.603. The molecule has 0 aromatic rings. The van der Waals surface area contributed by atoms with Crippen LogP contribution in [0.1, 0.15) is 0 Å². The number of hydrogen-bond acceptors (Lipinski definition) is 2. The van der Waals surface area contributed by atoms with Crippen LogP contribution in [-0.2, 0) is 0 Å². The summed E-state index contributed by atoms with van der Waals surface area (Å²) in [7, 11) is 0. The zero-order valence-electron chi connectivity index (χ0n) is 3.89. The first-order valence-corrected chi connectivity index (χ1v) is 2.61. The van der Waals surface area contributed by atoms with Crippen molar-refractivity contribution < 1.29 is 0 Å². The van der Waals surface area contributed by atoms with E-state index in [1.807, 2.05) is 0 Å². The molecule has 2 N–H and O–H groups in total. The summed E-state index contributed by atoms with van der Waals surface area (Å²) in [6, 6.07) is 0. The molecule has 0 fully saturated rings. The van der Waals surface area contributed by atoms with Crippen LogP contribution in [-0.4, -0.2) is 12.9 Å². The zero-order valence-corrected chi connectivity index (χ0v) is 5.48. The van der Waals surface area contributed by atoms with Gasteiger partial charge in [0.25, 0.3) is 0 Å². The summed E-state index contributed by atoms with van der Waals surface area (Å²) < 4.78 is 0.748. The molecule has 0 aromatic heterocycles. The Balaban J connectivity index is 3.26. The molecule has 2 nitrogen and oxygen atoms in total. The van der Waals surface area contributed by atoms with E-state index >= 15 is 0 Å². The fourth-order valence-corrected chi connectivity index (χ4v) is 0.297. The standard InChI is InChI=1S/C4H7BrN2/c1-4(5)2-7-3-6/h2H,1,3,6H2. The Hall–Kier alpha value is -0.150. The van der Waals surface area contributed by atoms with Crippen LogP contribution in [0.15, 0.2) is 16.1 Å². The van der Waals surface area contributed by atoms with Crippen LogP contribution in [0.4, 0.5) is 0 Å². The Morgan fingerprint density at radius 2 is 2.57 bits per heavy atom. The first-order chi connectivity index (χ1) is 3.27. The fraction of sp³-hybridized carbons (Fsp3) is 0.250. The molecule has 0 aliphatic heterocycles. The highest BCUT2D eigenvalue weighted by atomic mass is 79.9. The van der Waals surface area contributed by atoms with Gasteiger partial charge in [-0.1, -0.05) is 6.58 Å². The molecule has 0 rings (SSSR count). The number of allylic oxidation sites excluding steroid dienone is 1. The topological polar surface area (TPSA) is 38.4 Å². The summed E-state index contributed by atoms with van der Waals surface area (Å²) in [6.07, 6.45) is 1.57. The highest BCUT2D eigenvalue weighted by molar-refractivity contribution is 9.12. The van der Waals surface area contributed by atoms with E-state index < -0.39 is 0 Å². The van der Waals surface area contributed by atoms with Crippen LogP contribution in [0.3, 0.4) is 0 Å². The molecule has 0 aromatic carbocycles. The van der Waals surface area contributed by atoms with Crippen molar-refractivity contribution in [2.75, 3.05) is 6.67 Å². The minimum Gasteiger partial charge on any atom is -0.312 e. The summed E-state index contributed by atoms with van der Waals surface area (Å²) in [6.45, 7) is 3.83. The van der Waals surface area contributed by atoms with Crippen LogP contribution in [0.5, 0.6) is 0 Å². The lowest BCUT2D eigenvalue weighted by atomic mass is 10.7.